The smallest absolute Gasteiger partial charge is 0.338 e. The molecule has 3 aromatic carbocycles. The number of nitrogens with one attached hydrogen (secondary N) is 1. The predicted molar refractivity (Wildman–Crippen MR) is 121 cm³/mol. The van der Waals surface area contributed by atoms with Crippen LogP contribution in [0.2, 0.25) is 0 Å². The topological polar surface area (TPSA) is 72.5 Å². The highest BCUT2D eigenvalue weighted by molar-refractivity contribution is 8.04. The summed E-state index contributed by atoms with van der Waals surface area (Å²) >= 11 is 1.44. The number of amides is 1. The van der Waals surface area contributed by atoms with E-state index in [-0.39, 0.29) is 12.4 Å². The number of Topliss-reactive ketones (excluding diaryl/α,β-unsaturated/α-hetero) is 1. The van der Waals surface area contributed by atoms with Crippen molar-refractivity contribution in [3.63, 3.8) is 0 Å². The number of carbonyl (C=O) groups excluding carboxylic acids is 3. The van der Waals surface area contributed by atoms with Gasteiger partial charge >= 0.3 is 5.97 Å². The zero-order chi connectivity index (χ0) is 21.8. The lowest BCUT2D eigenvalue weighted by molar-refractivity contribution is -0.119. The minimum Gasteiger partial charge on any atom is -0.452 e. The first kappa shape index (κ1) is 20.6. The molecule has 0 fully saturated rings. The van der Waals surface area contributed by atoms with Gasteiger partial charge in [0.1, 0.15) is 0 Å². The third kappa shape index (κ3) is 4.92. The number of ether oxygens (including phenoxy) is 1. The molecule has 0 aliphatic carbocycles. The van der Waals surface area contributed by atoms with Crippen molar-refractivity contribution in [3.05, 3.63) is 100.0 Å². The fourth-order valence-electron chi connectivity index (χ4n) is 3.05. The van der Waals surface area contributed by atoms with Crippen LogP contribution in [0.3, 0.4) is 0 Å². The van der Waals surface area contributed by atoms with Gasteiger partial charge in [0, 0.05) is 16.1 Å². The molecule has 5 nitrogen and oxygen atoms in total. The highest BCUT2D eigenvalue weighted by atomic mass is 32.2. The highest BCUT2D eigenvalue weighted by Gasteiger charge is 2.25. The van der Waals surface area contributed by atoms with Crippen LogP contribution >= 0.6 is 11.8 Å². The van der Waals surface area contributed by atoms with Crippen LogP contribution in [0.15, 0.2) is 82.6 Å². The quantitative estimate of drug-likeness (QED) is 0.450. The highest BCUT2D eigenvalue weighted by Crippen LogP contribution is 2.40. The Hall–Kier alpha value is -3.64. The Morgan fingerprint density at radius 1 is 0.968 bits per heavy atom. The van der Waals surface area contributed by atoms with E-state index in [0.717, 1.165) is 16.0 Å². The number of fused-ring (bicyclic) bond motifs is 1. The van der Waals surface area contributed by atoms with Crippen LogP contribution < -0.4 is 5.32 Å². The molecule has 1 aliphatic rings. The molecule has 31 heavy (non-hydrogen) atoms. The maximum absolute atomic E-state index is 12.5. The Labute approximate surface area is 184 Å². The molecular formula is C25H19NO4S. The normalized spacial score (nSPS) is 13.7. The minimum atomic E-state index is -0.586. The number of allylic oxidation sites excluding steroid dienone is 1. The molecule has 154 valence electrons. The Morgan fingerprint density at radius 2 is 1.68 bits per heavy atom. The lowest BCUT2D eigenvalue weighted by Gasteiger charge is -2.07. The van der Waals surface area contributed by atoms with Crippen LogP contribution in [-0.4, -0.2) is 24.3 Å². The van der Waals surface area contributed by atoms with Gasteiger partial charge in [-0.2, -0.15) is 0 Å². The molecule has 6 heteroatoms. The van der Waals surface area contributed by atoms with Crippen molar-refractivity contribution >= 4 is 41.2 Å². The second-order valence-corrected chi connectivity index (χ2v) is 8.13. The van der Waals surface area contributed by atoms with Crippen molar-refractivity contribution < 1.29 is 19.1 Å². The number of benzene rings is 3. The summed E-state index contributed by atoms with van der Waals surface area (Å²) in [4.78, 5) is 38.3. The summed E-state index contributed by atoms with van der Waals surface area (Å²) in [5, 5.41) is 2.68. The monoisotopic (exact) mass is 429 g/mol. The summed E-state index contributed by atoms with van der Waals surface area (Å²) < 4.78 is 5.09. The standard InChI is InChI=1S/C25H19NO4S/c1-16-6-12-19(13-7-16)26-23(27)15-30-25(29)18-10-8-17(9-11-18)14-22-24(28)20-4-2-3-5-21(20)31-22/h2-14H,15H2,1H3,(H,26,27)/b22-14+. The van der Waals surface area contributed by atoms with Crippen LogP contribution in [0.1, 0.15) is 31.8 Å². The largest absolute Gasteiger partial charge is 0.452 e. The molecule has 0 aromatic heterocycles. The molecule has 1 aliphatic heterocycles. The lowest BCUT2D eigenvalue weighted by atomic mass is 10.1. The zero-order valence-corrected chi connectivity index (χ0v) is 17.6. The number of carbonyl (C=O) groups is 3. The van der Waals surface area contributed by atoms with Crippen LogP contribution in [-0.2, 0) is 9.53 Å². The van der Waals surface area contributed by atoms with E-state index in [2.05, 4.69) is 5.32 Å². The fourth-order valence-corrected chi connectivity index (χ4v) is 4.10. The second-order valence-electron chi connectivity index (χ2n) is 7.05. The van der Waals surface area contributed by atoms with E-state index in [1.165, 1.54) is 11.8 Å². The van der Waals surface area contributed by atoms with E-state index in [4.69, 9.17) is 4.74 Å². The molecule has 4 rings (SSSR count). The molecule has 0 bridgehead atoms. The van der Waals surface area contributed by atoms with Crippen molar-refractivity contribution in [1.29, 1.82) is 0 Å². The van der Waals surface area contributed by atoms with Gasteiger partial charge in [-0.15, -0.1) is 0 Å². The molecule has 1 heterocycles. The number of thioether (sulfide) groups is 1. The molecule has 0 spiro atoms. The average molecular weight is 429 g/mol. The summed E-state index contributed by atoms with van der Waals surface area (Å²) in [5.74, 6) is -0.990. The number of rotatable bonds is 5. The van der Waals surface area contributed by atoms with E-state index in [1.54, 1.807) is 42.5 Å². The van der Waals surface area contributed by atoms with E-state index >= 15 is 0 Å². The average Bonchev–Trinajstić information content (AvgIpc) is 3.09. The van der Waals surface area contributed by atoms with Gasteiger partial charge in [-0.3, -0.25) is 9.59 Å². The Bertz CT molecular complexity index is 1180. The maximum atomic E-state index is 12.5. The van der Waals surface area contributed by atoms with Gasteiger partial charge < -0.3 is 10.1 Å². The summed E-state index contributed by atoms with van der Waals surface area (Å²) in [6.07, 6.45) is 1.80. The Morgan fingerprint density at radius 3 is 2.39 bits per heavy atom. The minimum absolute atomic E-state index is 0.00340. The molecule has 0 atom stereocenters. The van der Waals surface area contributed by atoms with Gasteiger partial charge in [0.05, 0.1) is 10.5 Å². The van der Waals surface area contributed by atoms with Crippen molar-refractivity contribution in [1.82, 2.24) is 0 Å². The Balaban J connectivity index is 1.34. The van der Waals surface area contributed by atoms with Crippen molar-refractivity contribution in [2.45, 2.75) is 11.8 Å². The molecule has 1 N–H and O–H groups in total. The van der Waals surface area contributed by atoms with E-state index in [1.807, 2.05) is 43.3 Å². The van der Waals surface area contributed by atoms with Crippen LogP contribution in [0.4, 0.5) is 5.69 Å². The SMILES string of the molecule is Cc1ccc(NC(=O)COC(=O)c2ccc(/C=C3/Sc4ccccc4C3=O)cc2)cc1. The van der Waals surface area contributed by atoms with Crippen molar-refractivity contribution in [3.8, 4) is 0 Å². The third-order valence-corrected chi connectivity index (χ3v) is 5.79. The molecule has 0 unspecified atom stereocenters. The van der Waals surface area contributed by atoms with Gasteiger partial charge in [0.25, 0.3) is 5.91 Å². The van der Waals surface area contributed by atoms with Crippen LogP contribution in [0, 0.1) is 6.92 Å². The molecule has 0 saturated heterocycles. The van der Waals surface area contributed by atoms with Crippen LogP contribution in [0.5, 0.6) is 0 Å². The first-order chi connectivity index (χ1) is 15.0. The summed E-state index contributed by atoms with van der Waals surface area (Å²) in [6.45, 7) is 1.58. The first-order valence-electron chi connectivity index (χ1n) is 9.66. The number of aryl methyl sites for hydroxylation is 1. The third-order valence-electron chi connectivity index (χ3n) is 4.69. The summed E-state index contributed by atoms with van der Waals surface area (Å²) in [7, 11) is 0. The number of hydrogen-bond acceptors (Lipinski definition) is 5. The summed E-state index contributed by atoms with van der Waals surface area (Å²) in [5.41, 5.74) is 3.58. The van der Waals surface area contributed by atoms with Crippen LogP contribution in [0.25, 0.3) is 6.08 Å². The first-order valence-corrected chi connectivity index (χ1v) is 10.5. The molecule has 1 amide bonds. The second kappa shape index (κ2) is 9.02. The Kier molecular flexibility index (Phi) is 6.00. The predicted octanol–water partition coefficient (Wildman–Crippen LogP) is 5.12. The number of esters is 1. The summed E-state index contributed by atoms with van der Waals surface area (Å²) in [6, 6.07) is 21.6. The van der Waals surface area contributed by atoms with E-state index in [0.29, 0.717) is 21.7 Å². The number of hydrogen-bond donors (Lipinski definition) is 1. The maximum Gasteiger partial charge on any atom is 0.338 e. The fraction of sp³-hybridized carbons (Fsp3) is 0.0800. The van der Waals surface area contributed by atoms with Gasteiger partial charge in [-0.25, -0.2) is 4.79 Å². The van der Waals surface area contributed by atoms with Crippen molar-refractivity contribution in [2.75, 3.05) is 11.9 Å². The number of ketones is 1. The lowest BCUT2D eigenvalue weighted by Crippen LogP contribution is -2.20. The molecular weight excluding hydrogens is 410 g/mol. The molecule has 0 radical (unpaired) electrons. The van der Waals surface area contributed by atoms with Crippen molar-refractivity contribution in [2.24, 2.45) is 0 Å². The number of anilines is 1. The van der Waals surface area contributed by atoms with Gasteiger partial charge in [-0.05, 0) is 55.0 Å². The van der Waals surface area contributed by atoms with Gasteiger partial charge in [0.2, 0.25) is 5.78 Å². The zero-order valence-electron chi connectivity index (χ0n) is 16.8. The molecule has 3 aromatic rings. The molecule has 0 saturated carbocycles. The van der Waals surface area contributed by atoms with E-state index < -0.39 is 11.9 Å². The van der Waals surface area contributed by atoms with Gasteiger partial charge in [-0.1, -0.05) is 53.7 Å². The van der Waals surface area contributed by atoms with Gasteiger partial charge in [0.15, 0.2) is 6.61 Å². The van der Waals surface area contributed by atoms with E-state index in [9.17, 15) is 14.4 Å².